The molecule has 1 aliphatic heterocycles. The Balaban J connectivity index is 1.36. The van der Waals surface area contributed by atoms with Crippen LogP contribution in [0.4, 0.5) is 5.82 Å². The van der Waals surface area contributed by atoms with Crippen molar-refractivity contribution in [3.05, 3.63) is 72.4 Å². The van der Waals surface area contributed by atoms with Crippen LogP contribution >= 0.6 is 0 Å². The SMILES string of the molecule is CC1CCN(c2cc(C(=O)Cc3cc4cc(-c5cnn(C)c5)ccc4cn3)ccn2)CC1. The van der Waals surface area contributed by atoms with Gasteiger partial charge in [0.25, 0.3) is 0 Å². The van der Waals surface area contributed by atoms with Crippen molar-refractivity contribution >= 4 is 22.4 Å². The van der Waals surface area contributed by atoms with E-state index in [1.54, 1.807) is 16.9 Å². The number of hydrogen-bond acceptors (Lipinski definition) is 5. The quantitative estimate of drug-likeness (QED) is 0.434. The van der Waals surface area contributed by atoms with E-state index in [-0.39, 0.29) is 12.2 Å². The fraction of sp³-hybridized carbons (Fsp3) is 0.308. The van der Waals surface area contributed by atoms with E-state index < -0.39 is 0 Å². The second kappa shape index (κ2) is 8.54. The zero-order valence-electron chi connectivity index (χ0n) is 18.5. The lowest BCUT2D eigenvalue weighted by Crippen LogP contribution is -2.33. The standard InChI is InChI=1S/C26H27N5O/c1-18-6-9-31(10-7-18)26-13-20(5-8-27-26)25(32)14-24-12-22-11-19(3-4-21(22)15-28-24)23-16-29-30(2)17-23/h3-5,8,11-13,15-18H,6-7,9-10,14H2,1-2H3. The Labute approximate surface area is 187 Å². The summed E-state index contributed by atoms with van der Waals surface area (Å²) in [5.74, 6) is 1.72. The summed E-state index contributed by atoms with van der Waals surface area (Å²) < 4.78 is 1.80. The van der Waals surface area contributed by atoms with Crippen molar-refractivity contribution in [1.29, 1.82) is 0 Å². The molecule has 0 bridgehead atoms. The summed E-state index contributed by atoms with van der Waals surface area (Å²) in [5.41, 5.74) is 3.64. The van der Waals surface area contributed by atoms with Gasteiger partial charge >= 0.3 is 0 Å². The minimum atomic E-state index is 0.0642. The van der Waals surface area contributed by atoms with Gasteiger partial charge in [0.2, 0.25) is 0 Å². The van der Waals surface area contributed by atoms with Crippen LogP contribution in [0.25, 0.3) is 21.9 Å². The summed E-state index contributed by atoms with van der Waals surface area (Å²) in [4.78, 5) is 24.4. The van der Waals surface area contributed by atoms with E-state index in [0.29, 0.717) is 5.56 Å². The lowest BCUT2D eigenvalue weighted by Gasteiger charge is -2.31. The van der Waals surface area contributed by atoms with Gasteiger partial charge in [-0.25, -0.2) is 4.98 Å². The van der Waals surface area contributed by atoms with E-state index in [1.807, 2.05) is 37.8 Å². The third-order valence-corrected chi connectivity index (χ3v) is 6.33. The van der Waals surface area contributed by atoms with Gasteiger partial charge in [-0.05, 0) is 54.0 Å². The van der Waals surface area contributed by atoms with E-state index in [0.717, 1.165) is 52.4 Å². The van der Waals surface area contributed by atoms with Crippen molar-refractivity contribution in [2.45, 2.75) is 26.2 Å². The molecule has 0 radical (unpaired) electrons. The van der Waals surface area contributed by atoms with Crippen molar-refractivity contribution < 1.29 is 4.79 Å². The highest BCUT2D eigenvalue weighted by Crippen LogP contribution is 2.25. The van der Waals surface area contributed by atoms with Gasteiger partial charge in [0.1, 0.15) is 5.82 Å². The van der Waals surface area contributed by atoms with Crippen molar-refractivity contribution in [3.63, 3.8) is 0 Å². The summed E-state index contributed by atoms with van der Waals surface area (Å²) >= 11 is 0. The number of nitrogens with zero attached hydrogens (tertiary/aromatic N) is 5. The summed E-state index contributed by atoms with van der Waals surface area (Å²) in [6.45, 7) is 4.29. The number of piperidine rings is 1. The van der Waals surface area contributed by atoms with E-state index in [2.05, 4.69) is 45.1 Å². The average molecular weight is 426 g/mol. The van der Waals surface area contributed by atoms with Crippen LogP contribution in [0.5, 0.6) is 0 Å². The minimum absolute atomic E-state index is 0.0642. The van der Waals surface area contributed by atoms with Gasteiger partial charge in [-0.15, -0.1) is 0 Å². The molecule has 1 fully saturated rings. The van der Waals surface area contributed by atoms with Crippen LogP contribution in [0.15, 0.2) is 61.2 Å². The Kier molecular flexibility index (Phi) is 5.43. The topological polar surface area (TPSA) is 63.9 Å². The first-order chi connectivity index (χ1) is 15.5. The van der Waals surface area contributed by atoms with Crippen LogP contribution in [-0.2, 0) is 13.5 Å². The Morgan fingerprint density at radius 1 is 1.00 bits per heavy atom. The third-order valence-electron chi connectivity index (χ3n) is 6.33. The fourth-order valence-electron chi connectivity index (χ4n) is 4.30. The molecule has 1 aliphatic rings. The number of benzene rings is 1. The number of carbonyl (C=O) groups excluding carboxylic acids is 1. The third kappa shape index (κ3) is 4.26. The summed E-state index contributed by atoms with van der Waals surface area (Å²) in [7, 11) is 1.91. The van der Waals surface area contributed by atoms with Gasteiger partial charge in [0.05, 0.1) is 12.6 Å². The van der Waals surface area contributed by atoms with E-state index in [1.165, 1.54) is 12.8 Å². The largest absolute Gasteiger partial charge is 0.357 e. The normalized spacial score (nSPS) is 14.8. The number of rotatable bonds is 5. The van der Waals surface area contributed by atoms with Gasteiger partial charge in [0.15, 0.2) is 5.78 Å². The highest BCUT2D eigenvalue weighted by Gasteiger charge is 2.18. The fourth-order valence-corrected chi connectivity index (χ4v) is 4.30. The van der Waals surface area contributed by atoms with Crippen LogP contribution in [0.1, 0.15) is 35.8 Å². The molecule has 0 amide bonds. The maximum absolute atomic E-state index is 13.0. The summed E-state index contributed by atoms with van der Waals surface area (Å²) in [6.07, 6.45) is 10.1. The van der Waals surface area contributed by atoms with Gasteiger partial charge in [-0.2, -0.15) is 5.10 Å². The zero-order chi connectivity index (χ0) is 22.1. The smallest absolute Gasteiger partial charge is 0.169 e. The second-order valence-electron chi connectivity index (χ2n) is 8.81. The van der Waals surface area contributed by atoms with Crippen LogP contribution in [-0.4, -0.2) is 38.6 Å². The number of hydrogen-bond donors (Lipinski definition) is 0. The Morgan fingerprint density at radius 3 is 2.62 bits per heavy atom. The first-order valence-electron chi connectivity index (χ1n) is 11.2. The molecule has 3 aromatic heterocycles. The van der Waals surface area contributed by atoms with Gasteiger partial charge in [-0.3, -0.25) is 14.5 Å². The minimum Gasteiger partial charge on any atom is -0.357 e. The summed E-state index contributed by atoms with van der Waals surface area (Å²) in [5, 5.41) is 6.39. The molecule has 0 aliphatic carbocycles. The molecular formula is C26H27N5O. The molecular weight excluding hydrogens is 398 g/mol. The highest BCUT2D eigenvalue weighted by atomic mass is 16.1. The van der Waals surface area contributed by atoms with Crippen LogP contribution in [0.2, 0.25) is 0 Å². The van der Waals surface area contributed by atoms with E-state index in [4.69, 9.17) is 0 Å². The summed E-state index contributed by atoms with van der Waals surface area (Å²) in [6, 6.07) is 12.0. The number of aryl methyl sites for hydroxylation is 1. The molecule has 0 unspecified atom stereocenters. The molecule has 0 saturated carbocycles. The van der Waals surface area contributed by atoms with Crippen molar-refractivity contribution in [2.24, 2.45) is 13.0 Å². The molecule has 6 nitrogen and oxygen atoms in total. The predicted octanol–water partition coefficient (Wildman–Crippen LogP) is 4.69. The molecule has 1 aromatic carbocycles. The maximum atomic E-state index is 13.0. The molecule has 1 saturated heterocycles. The van der Waals surface area contributed by atoms with Crippen LogP contribution in [0, 0.1) is 5.92 Å². The first kappa shape index (κ1) is 20.4. The lowest BCUT2D eigenvalue weighted by molar-refractivity contribution is 0.0992. The zero-order valence-corrected chi connectivity index (χ0v) is 18.5. The van der Waals surface area contributed by atoms with Crippen LogP contribution < -0.4 is 4.90 Å². The van der Waals surface area contributed by atoms with Gasteiger partial charge < -0.3 is 4.90 Å². The molecule has 0 atom stereocenters. The molecule has 4 aromatic rings. The predicted molar refractivity (Wildman–Crippen MR) is 127 cm³/mol. The van der Waals surface area contributed by atoms with Gasteiger partial charge in [0, 0.05) is 60.9 Å². The number of aromatic nitrogens is 4. The molecule has 162 valence electrons. The Hall–Kier alpha value is -3.54. The number of carbonyl (C=O) groups is 1. The molecule has 4 heterocycles. The second-order valence-corrected chi connectivity index (χ2v) is 8.81. The number of ketones is 1. The van der Waals surface area contributed by atoms with Crippen molar-refractivity contribution in [2.75, 3.05) is 18.0 Å². The van der Waals surface area contributed by atoms with Crippen molar-refractivity contribution in [1.82, 2.24) is 19.7 Å². The number of fused-ring (bicyclic) bond motifs is 1. The first-order valence-corrected chi connectivity index (χ1v) is 11.2. The van der Waals surface area contributed by atoms with Crippen molar-refractivity contribution in [3.8, 4) is 11.1 Å². The molecule has 0 N–H and O–H groups in total. The van der Waals surface area contributed by atoms with E-state index >= 15 is 0 Å². The number of anilines is 1. The Morgan fingerprint density at radius 2 is 1.84 bits per heavy atom. The highest BCUT2D eigenvalue weighted by molar-refractivity contribution is 5.98. The van der Waals surface area contributed by atoms with Gasteiger partial charge in [-0.1, -0.05) is 19.1 Å². The average Bonchev–Trinajstić information content (AvgIpc) is 3.25. The van der Waals surface area contributed by atoms with E-state index in [9.17, 15) is 4.79 Å². The van der Waals surface area contributed by atoms with Crippen LogP contribution in [0.3, 0.4) is 0 Å². The monoisotopic (exact) mass is 425 g/mol. The molecule has 6 heteroatoms. The Bertz CT molecular complexity index is 1270. The maximum Gasteiger partial charge on any atom is 0.169 e. The lowest BCUT2D eigenvalue weighted by atomic mass is 9.99. The number of pyridine rings is 2. The molecule has 0 spiro atoms. The molecule has 32 heavy (non-hydrogen) atoms. The number of Topliss-reactive ketones (excluding diaryl/α,β-unsaturated/α-hetero) is 1. The molecule has 5 rings (SSSR count).